The van der Waals surface area contributed by atoms with Gasteiger partial charge in [-0.25, -0.2) is 0 Å². The maximum Gasteiger partial charge on any atom is 0.269 e. The fourth-order valence-electron chi connectivity index (χ4n) is 2.17. The van der Waals surface area contributed by atoms with Gasteiger partial charge in [-0.1, -0.05) is 0 Å². The van der Waals surface area contributed by atoms with Crippen molar-refractivity contribution in [1.82, 2.24) is 10.2 Å². The summed E-state index contributed by atoms with van der Waals surface area (Å²) in [6.07, 6.45) is 1.00. The highest BCUT2D eigenvalue weighted by atomic mass is 32.1. The first-order chi connectivity index (χ1) is 10.6. The Morgan fingerprint density at radius 2 is 2.00 bits per heavy atom. The van der Waals surface area contributed by atoms with E-state index in [9.17, 15) is 10.1 Å². The van der Waals surface area contributed by atoms with Crippen molar-refractivity contribution in [3.8, 4) is 0 Å². The molecular formula is C14H20N4O3S. The minimum absolute atomic E-state index is 0.0648. The van der Waals surface area contributed by atoms with E-state index in [-0.39, 0.29) is 5.69 Å². The number of anilines is 1. The molecule has 0 aromatic heterocycles. The molecule has 0 unspecified atom stereocenters. The number of nitro groups is 1. The summed E-state index contributed by atoms with van der Waals surface area (Å²) in [5.74, 6) is 0. The maximum atomic E-state index is 10.6. The number of nitrogens with one attached hydrogen (secondary N) is 2. The molecule has 1 saturated heterocycles. The van der Waals surface area contributed by atoms with Crippen LogP contribution in [0.5, 0.6) is 0 Å². The Hall–Kier alpha value is -1.77. The summed E-state index contributed by atoms with van der Waals surface area (Å²) < 4.78 is 5.30. The molecule has 8 heteroatoms. The van der Waals surface area contributed by atoms with Crippen LogP contribution in [0.1, 0.15) is 6.42 Å². The van der Waals surface area contributed by atoms with Gasteiger partial charge in [0.1, 0.15) is 0 Å². The zero-order valence-electron chi connectivity index (χ0n) is 12.3. The Bertz CT molecular complexity index is 503. The molecule has 0 aliphatic carbocycles. The smallest absolute Gasteiger partial charge is 0.269 e. The van der Waals surface area contributed by atoms with E-state index in [1.165, 1.54) is 12.1 Å². The van der Waals surface area contributed by atoms with Crippen LogP contribution in [0.15, 0.2) is 24.3 Å². The second kappa shape index (κ2) is 8.62. The molecule has 1 aromatic carbocycles. The Morgan fingerprint density at radius 3 is 2.64 bits per heavy atom. The lowest BCUT2D eigenvalue weighted by molar-refractivity contribution is -0.384. The Kier molecular flexibility index (Phi) is 6.50. The number of hydrogen-bond acceptors (Lipinski definition) is 5. The van der Waals surface area contributed by atoms with Gasteiger partial charge in [-0.3, -0.25) is 15.0 Å². The first-order valence-corrected chi connectivity index (χ1v) is 7.65. The molecule has 0 saturated carbocycles. The third kappa shape index (κ3) is 5.55. The molecule has 0 bridgehead atoms. The average molecular weight is 324 g/mol. The van der Waals surface area contributed by atoms with E-state index in [0.29, 0.717) is 5.11 Å². The standard InChI is InChI=1S/C14H20N4O3S/c19-18(20)13-4-2-12(3-5-13)16-14(22)15-6-1-7-17-8-10-21-11-9-17/h2-5H,1,6-11H2,(H2,15,16,22). The third-order valence-electron chi connectivity index (χ3n) is 3.38. The van der Waals surface area contributed by atoms with Crippen molar-refractivity contribution in [1.29, 1.82) is 0 Å². The third-order valence-corrected chi connectivity index (χ3v) is 3.62. The quantitative estimate of drug-likeness (QED) is 0.356. The average Bonchev–Trinajstić information content (AvgIpc) is 2.53. The topological polar surface area (TPSA) is 79.7 Å². The summed E-state index contributed by atoms with van der Waals surface area (Å²) in [6.45, 7) is 5.42. The minimum atomic E-state index is -0.425. The predicted molar refractivity (Wildman–Crippen MR) is 89.2 cm³/mol. The fraction of sp³-hybridized carbons (Fsp3) is 0.500. The largest absolute Gasteiger partial charge is 0.379 e. The van der Waals surface area contributed by atoms with Crippen molar-refractivity contribution in [2.45, 2.75) is 6.42 Å². The van der Waals surface area contributed by atoms with Crippen LogP contribution < -0.4 is 10.6 Å². The van der Waals surface area contributed by atoms with E-state index in [1.807, 2.05) is 0 Å². The van der Waals surface area contributed by atoms with E-state index < -0.39 is 4.92 Å². The maximum absolute atomic E-state index is 10.6. The van der Waals surface area contributed by atoms with Crippen LogP contribution in [0.3, 0.4) is 0 Å². The fourth-order valence-corrected chi connectivity index (χ4v) is 2.39. The molecule has 0 amide bonds. The summed E-state index contributed by atoms with van der Waals surface area (Å²) in [5, 5.41) is 17.2. The van der Waals surface area contributed by atoms with Crippen molar-refractivity contribution in [3.05, 3.63) is 34.4 Å². The molecule has 22 heavy (non-hydrogen) atoms. The van der Waals surface area contributed by atoms with Crippen molar-refractivity contribution in [2.24, 2.45) is 0 Å². The Morgan fingerprint density at radius 1 is 1.32 bits per heavy atom. The van der Waals surface area contributed by atoms with E-state index in [2.05, 4.69) is 15.5 Å². The molecular weight excluding hydrogens is 304 g/mol. The van der Waals surface area contributed by atoms with E-state index in [0.717, 1.165) is 51.5 Å². The SMILES string of the molecule is O=[N+]([O-])c1ccc(NC(=S)NCCCN2CCOCC2)cc1. The van der Waals surface area contributed by atoms with Gasteiger partial charge < -0.3 is 15.4 Å². The normalized spacial score (nSPS) is 15.3. The molecule has 2 rings (SSSR count). The number of thiocarbonyl (C=S) groups is 1. The minimum Gasteiger partial charge on any atom is -0.379 e. The molecule has 1 heterocycles. The van der Waals surface area contributed by atoms with Crippen LogP contribution >= 0.6 is 12.2 Å². The lowest BCUT2D eigenvalue weighted by Crippen LogP contribution is -2.38. The van der Waals surface area contributed by atoms with Crippen LogP contribution in [-0.4, -0.2) is 54.3 Å². The number of non-ortho nitro benzene ring substituents is 1. The highest BCUT2D eigenvalue weighted by Gasteiger charge is 2.09. The molecule has 0 atom stereocenters. The molecule has 120 valence electrons. The van der Waals surface area contributed by atoms with Gasteiger partial charge in [-0.15, -0.1) is 0 Å². The second-order valence-electron chi connectivity index (χ2n) is 4.99. The predicted octanol–water partition coefficient (Wildman–Crippen LogP) is 1.60. The monoisotopic (exact) mass is 324 g/mol. The van der Waals surface area contributed by atoms with Gasteiger partial charge in [0.15, 0.2) is 5.11 Å². The van der Waals surface area contributed by atoms with E-state index in [1.54, 1.807) is 12.1 Å². The van der Waals surface area contributed by atoms with Gasteiger partial charge in [-0.2, -0.15) is 0 Å². The highest BCUT2D eigenvalue weighted by Crippen LogP contribution is 2.15. The number of benzene rings is 1. The first-order valence-electron chi connectivity index (χ1n) is 7.24. The molecule has 1 aliphatic heterocycles. The zero-order chi connectivity index (χ0) is 15.8. The highest BCUT2D eigenvalue weighted by molar-refractivity contribution is 7.80. The summed E-state index contributed by atoms with van der Waals surface area (Å²) in [6, 6.07) is 6.17. The number of morpholine rings is 1. The lowest BCUT2D eigenvalue weighted by atomic mass is 10.3. The number of nitro benzene ring substituents is 1. The molecule has 0 spiro atoms. The molecule has 1 aliphatic rings. The summed E-state index contributed by atoms with van der Waals surface area (Å²) >= 11 is 5.20. The van der Waals surface area contributed by atoms with Crippen molar-refractivity contribution >= 4 is 28.7 Å². The van der Waals surface area contributed by atoms with Crippen LogP contribution in [0, 0.1) is 10.1 Å². The van der Waals surface area contributed by atoms with Gasteiger partial charge >= 0.3 is 0 Å². The van der Waals surface area contributed by atoms with E-state index >= 15 is 0 Å². The summed E-state index contributed by atoms with van der Waals surface area (Å²) in [7, 11) is 0. The first kappa shape index (κ1) is 16.6. The van der Waals surface area contributed by atoms with Gasteiger partial charge in [-0.05, 0) is 37.3 Å². The van der Waals surface area contributed by atoms with Crippen LogP contribution in [0.4, 0.5) is 11.4 Å². The van der Waals surface area contributed by atoms with Crippen LogP contribution in [0.2, 0.25) is 0 Å². The summed E-state index contributed by atoms with van der Waals surface area (Å²) in [4.78, 5) is 12.5. The number of rotatable bonds is 6. The second-order valence-corrected chi connectivity index (χ2v) is 5.40. The van der Waals surface area contributed by atoms with Gasteiger partial charge in [0, 0.05) is 37.5 Å². The van der Waals surface area contributed by atoms with Crippen LogP contribution in [-0.2, 0) is 4.74 Å². The summed E-state index contributed by atoms with van der Waals surface area (Å²) in [5.41, 5.74) is 0.797. The Balaban J connectivity index is 1.63. The number of ether oxygens (including phenoxy) is 1. The Labute approximate surface area is 134 Å². The van der Waals surface area contributed by atoms with Crippen LogP contribution in [0.25, 0.3) is 0 Å². The van der Waals surface area contributed by atoms with E-state index in [4.69, 9.17) is 17.0 Å². The number of nitrogens with zero attached hydrogens (tertiary/aromatic N) is 2. The van der Waals surface area contributed by atoms with Crippen molar-refractivity contribution < 1.29 is 9.66 Å². The van der Waals surface area contributed by atoms with Gasteiger partial charge in [0.25, 0.3) is 5.69 Å². The van der Waals surface area contributed by atoms with Crippen molar-refractivity contribution in [3.63, 3.8) is 0 Å². The molecule has 2 N–H and O–H groups in total. The lowest BCUT2D eigenvalue weighted by Gasteiger charge is -2.26. The molecule has 1 aromatic rings. The molecule has 0 radical (unpaired) electrons. The molecule has 1 fully saturated rings. The van der Waals surface area contributed by atoms with Crippen molar-refractivity contribution in [2.75, 3.05) is 44.7 Å². The van der Waals surface area contributed by atoms with Gasteiger partial charge in [0.2, 0.25) is 0 Å². The number of hydrogen-bond donors (Lipinski definition) is 2. The molecule has 7 nitrogen and oxygen atoms in total. The zero-order valence-corrected chi connectivity index (χ0v) is 13.1. The van der Waals surface area contributed by atoms with Gasteiger partial charge in [0.05, 0.1) is 18.1 Å².